The maximum Gasteiger partial charge on any atom is 0.293 e. The monoisotopic (exact) mass is 373 g/mol. The van der Waals surface area contributed by atoms with Crippen molar-refractivity contribution in [2.75, 3.05) is 32.9 Å². The Bertz CT molecular complexity index is 553. The number of nitrogens with one attached hydrogen (secondary N) is 1. The van der Waals surface area contributed by atoms with E-state index in [2.05, 4.69) is 5.32 Å². The molecule has 0 saturated carbocycles. The topological polar surface area (TPSA) is 71.0 Å². The minimum Gasteiger partial charge on any atom is -0.396 e. The molecule has 1 aromatic rings. The number of ether oxygens (including phenoxy) is 2. The van der Waals surface area contributed by atoms with Gasteiger partial charge in [0, 0.05) is 12.5 Å². The summed E-state index contributed by atoms with van der Waals surface area (Å²) in [4.78, 5) is 0. The molecule has 1 aromatic carbocycles. The van der Waals surface area contributed by atoms with Crippen LogP contribution in [0.5, 0.6) is 0 Å². The van der Waals surface area contributed by atoms with Gasteiger partial charge in [-0.1, -0.05) is 24.3 Å². The Hall–Kier alpha value is -1.12. The van der Waals surface area contributed by atoms with Crippen LogP contribution in [-0.4, -0.2) is 55.1 Å². The van der Waals surface area contributed by atoms with E-state index in [1.165, 1.54) is 0 Å². The van der Waals surface area contributed by atoms with Crippen LogP contribution in [-0.2, 0) is 21.7 Å². The number of aliphatic hydroxyl groups is 2. The molecule has 1 aliphatic heterocycles. The first-order valence-corrected chi connectivity index (χ1v) is 8.97. The lowest BCUT2D eigenvalue weighted by atomic mass is 9.77. The second-order valence-corrected chi connectivity index (χ2v) is 7.16. The average molecular weight is 373 g/mol. The molecule has 2 atom stereocenters. The molecule has 0 amide bonds. The standard InChI is InChI=1S/C19H29F2NO4/c1-14(2)26-13-18(20,21)12-25-11-15-3-5-16(6-4-15)19(24)7-8-22-9-17(19)10-23/h3-6,14,17,22-24H,7-13H2,1-2H3. The summed E-state index contributed by atoms with van der Waals surface area (Å²) in [5.41, 5.74) is 0.380. The highest BCUT2D eigenvalue weighted by Gasteiger charge is 2.40. The fourth-order valence-electron chi connectivity index (χ4n) is 3.06. The molecule has 2 unspecified atom stereocenters. The summed E-state index contributed by atoms with van der Waals surface area (Å²) < 4.78 is 37.3. The Morgan fingerprint density at radius 1 is 1.27 bits per heavy atom. The SMILES string of the molecule is CC(C)OCC(F)(F)COCc1ccc(C2(O)CCNCC2CO)cc1. The Balaban J connectivity index is 1.89. The van der Waals surface area contributed by atoms with Crippen LogP contribution >= 0.6 is 0 Å². The van der Waals surface area contributed by atoms with Crippen molar-refractivity contribution < 1.29 is 28.5 Å². The molecule has 1 fully saturated rings. The molecule has 7 heteroatoms. The molecule has 0 spiro atoms. The second kappa shape index (κ2) is 9.19. The number of halogens is 2. The molecule has 0 aliphatic carbocycles. The maximum atomic E-state index is 13.6. The zero-order chi connectivity index (χ0) is 19.2. The maximum absolute atomic E-state index is 13.6. The lowest BCUT2D eigenvalue weighted by Crippen LogP contribution is -2.49. The number of rotatable bonds is 9. The first-order chi connectivity index (χ1) is 12.3. The van der Waals surface area contributed by atoms with Gasteiger partial charge in [-0.05, 0) is 37.9 Å². The van der Waals surface area contributed by atoms with E-state index >= 15 is 0 Å². The summed E-state index contributed by atoms with van der Waals surface area (Å²) in [6.45, 7) is 3.21. The van der Waals surface area contributed by atoms with Crippen LogP contribution < -0.4 is 5.32 Å². The molecule has 0 radical (unpaired) electrons. The summed E-state index contributed by atoms with van der Waals surface area (Å²) >= 11 is 0. The third kappa shape index (κ3) is 5.69. The number of hydrogen-bond donors (Lipinski definition) is 3. The quantitative estimate of drug-likeness (QED) is 0.618. The molecular formula is C19H29F2NO4. The van der Waals surface area contributed by atoms with Crippen LogP contribution in [0.3, 0.4) is 0 Å². The normalized spacial score (nSPS) is 24.2. The number of piperidine rings is 1. The van der Waals surface area contributed by atoms with Gasteiger partial charge < -0.3 is 25.0 Å². The number of alkyl halides is 2. The van der Waals surface area contributed by atoms with Crippen LogP contribution in [0.25, 0.3) is 0 Å². The van der Waals surface area contributed by atoms with Gasteiger partial charge in [-0.2, -0.15) is 0 Å². The predicted octanol–water partition coefficient (Wildman–Crippen LogP) is 2.05. The van der Waals surface area contributed by atoms with Gasteiger partial charge >= 0.3 is 0 Å². The minimum atomic E-state index is -3.02. The summed E-state index contributed by atoms with van der Waals surface area (Å²) in [6, 6.07) is 7.05. The van der Waals surface area contributed by atoms with Gasteiger partial charge in [-0.15, -0.1) is 0 Å². The number of benzene rings is 1. The van der Waals surface area contributed by atoms with E-state index < -0.39 is 24.7 Å². The molecule has 1 aliphatic rings. The lowest BCUT2D eigenvalue weighted by molar-refractivity contribution is -0.135. The Morgan fingerprint density at radius 2 is 1.96 bits per heavy atom. The van der Waals surface area contributed by atoms with Crippen LogP contribution in [0.4, 0.5) is 8.78 Å². The average Bonchev–Trinajstić information content (AvgIpc) is 2.61. The third-order valence-electron chi connectivity index (χ3n) is 4.63. The van der Waals surface area contributed by atoms with Crippen molar-refractivity contribution in [2.45, 2.75) is 44.5 Å². The molecule has 2 rings (SSSR count). The van der Waals surface area contributed by atoms with E-state index in [1.54, 1.807) is 38.1 Å². The van der Waals surface area contributed by atoms with E-state index in [1.807, 2.05) is 0 Å². The minimum absolute atomic E-state index is 0.0565. The lowest BCUT2D eigenvalue weighted by Gasteiger charge is -2.40. The van der Waals surface area contributed by atoms with Gasteiger partial charge in [-0.25, -0.2) is 8.78 Å². The fourth-order valence-corrected chi connectivity index (χ4v) is 3.06. The van der Waals surface area contributed by atoms with Crippen molar-refractivity contribution >= 4 is 0 Å². The Labute approximate surface area is 153 Å². The highest BCUT2D eigenvalue weighted by Crippen LogP contribution is 2.35. The number of hydrogen-bond acceptors (Lipinski definition) is 5. The van der Waals surface area contributed by atoms with Crippen molar-refractivity contribution in [1.29, 1.82) is 0 Å². The zero-order valence-electron chi connectivity index (χ0n) is 15.4. The number of aliphatic hydroxyl groups excluding tert-OH is 1. The predicted molar refractivity (Wildman–Crippen MR) is 94.1 cm³/mol. The summed E-state index contributed by atoms with van der Waals surface area (Å²) in [6.07, 6.45) is 0.257. The van der Waals surface area contributed by atoms with Crippen molar-refractivity contribution in [3.63, 3.8) is 0 Å². The Morgan fingerprint density at radius 3 is 2.58 bits per heavy atom. The third-order valence-corrected chi connectivity index (χ3v) is 4.63. The highest BCUT2D eigenvalue weighted by molar-refractivity contribution is 5.28. The summed E-state index contributed by atoms with van der Waals surface area (Å²) in [5, 5.41) is 23.6. The highest BCUT2D eigenvalue weighted by atomic mass is 19.3. The molecule has 26 heavy (non-hydrogen) atoms. The molecule has 148 valence electrons. The van der Waals surface area contributed by atoms with Gasteiger partial charge in [0.15, 0.2) is 0 Å². The van der Waals surface area contributed by atoms with E-state index in [0.717, 1.165) is 11.1 Å². The molecule has 0 bridgehead atoms. The van der Waals surface area contributed by atoms with Gasteiger partial charge in [0.1, 0.15) is 13.2 Å². The molecule has 1 saturated heterocycles. The zero-order valence-corrected chi connectivity index (χ0v) is 15.4. The van der Waals surface area contributed by atoms with E-state index in [4.69, 9.17) is 9.47 Å². The molecule has 1 heterocycles. The van der Waals surface area contributed by atoms with Crippen LogP contribution in [0.15, 0.2) is 24.3 Å². The van der Waals surface area contributed by atoms with E-state index in [0.29, 0.717) is 19.5 Å². The van der Waals surface area contributed by atoms with Gasteiger partial charge in [0.25, 0.3) is 5.92 Å². The van der Waals surface area contributed by atoms with Gasteiger partial charge in [0.05, 0.1) is 24.9 Å². The molecule has 0 aromatic heterocycles. The van der Waals surface area contributed by atoms with Crippen molar-refractivity contribution in [1.82, 2.24) is 5.32 Å². The first kappa shape index (κ1) is 21.2. The van der Waals surface area contributed by atoms with Crippen LogP contribution in [0.2, 0.25) is 0 Å². The fraction of sp³-hybridized carbons (Fsp3) is 0.684. The van der Waals surface area contributed by atoms with Crippen LogP contribution in [0, 0.1) is 5.92 Å². The van der Waals surface area contributed by atoms with Gasteiger partial charge in [0.2, 0.25) is 0 Å². The smallest absolute Gasteiger partial charge is 0.293 e. The van der Waals surface area contributed by atoms with E-state index in [-0.39, 0.29) is 25.2 Å². The molecular weight excluding hydrogens is 344 g/mol. The first-order valence-electron chi connectivity index (χ1n) is 8.97. The summed E-state index contributed by atoms with van der Waals surface area (Å²) in [7, 11) is 0. The summed E-state index contributed by atoms with van der Waals surface area (Å²) in [5.74, 6) is -3.30. The van der Waals surface area contributed by atoms with E-state index in [9.17, 15) is 19.0 Å². The largest absolute Gasteiger partial charge is 0.396 e. The van der Waals surface area contributed by atoms with Gasteiger partial charge in [-0.3, -0.25) is 0 Å². The molecule has 3 N–H and O–H groups in total. The van der Waals surface area contributed by atoms with Crippen molar-refractivity contribution in [2.24, 2.45) is 5.92 Å². The van der Waals surface area contributed by atoms with Crippen molar-refractivity contribution in [3.05, 3.63) is 35.4 Å². The molecule has 5 nitrogen and oxygen atoms in total. The Kier molecular flexibility index (Phi) is 7.49. The van der Waals surface area contributed by atoms with Crippen molar-refractivity contribution in [3.8, 4) is 0 Å². The van der Waals surface area contributed by atoms with Crippen LogP contribution in [0.1, 0.15) is 31.4 Å². The second-order valence-electron chi connectivity index (χ2n) is 7.16.